The molecule has 21 heavy (non-hydrogen) atoms. The molecule has 1 amide bonds. The lowest BCUT2D eigenvalue weighted by atomic mass is 10.1. The number of rotatable bonds is 10. The summed E-state index contributed by atoms with van der Waals surface area (Å²) in [4.78, 5) is 17.1. The number of nitrogens with one attached hydrogen (secondary N) is 1. The number of amides is 1. The molecular formula is C17H35N3O. The molecule has 2 atom stereocenters. The predicted octanol–water partition coefficient (Wildman–Crippen LogP) is 2.69. The van der Waals surface area contributed by atoms with Crippen LogP contribution in [0.25, 0.3) is 0 Å². The van der Waals surface area contributed by atoms with Crippen molar-refractivity contribution in [2.24, 2.45) is 5.92 Å². The monoisotopic (exact) mass is 297 g/mol. The molecule has 1 saturated heterocycles. The molecule has 124 valence electrons. The quantitative estimate of drug-likeness (QED) is 0.673. The largest absolute Gasteiger partial charge is 0.325 e. The third kappa shape index (κ3) is 5.59. The van der Waals surface area contributed by atoms with Crippen molar-refractivity contribution in [3.63, 3.8) is 0 Å². The van der Waals surface area contributed by atoms with E-state index in [0.717, 1.165) is 51.9 Å². The molecule has 4 nitrogen and oxygen atoms in total. The zero-order valence-corrected chi connectivity index (χ0v) is 14.7. The van der Waals surface area contributed by atoms with Gasteiger partial charge in [0.2, 0.25) is 5.91 Å². The summed E-state index contributed by atoms with van der Waals surface area (Å²) in [7, 11) is 0. The van der Waals surface area contributed by atoms with E-state index >= 15 is 0 Å². The summed E-state index contributed by atoms with van der Waals surface area (Å²) in [5.41, 5.74) is 0. The topological polar surface area (TPSA) is 35.6 Å². The van der Waals surface area contributed by atoms with Crippen LogP contribution in [0.5, 0.6) is 0 Å². The second kappa shape index (κ2) is 9.42. The number of nitrogens with zero attached hydrogens (tertiary/aromatic N) is 2. The maximum Gasteiger partial charge on any atom is 0.241 e. The molecule has 0 aliphatic carbocycles. The van der Waals surface area contributed by atoms with Crippen molar-refractivity contribution in [2.75, 3.05) is 26.2 Å². The summed E-state index contributed by atoms with van der Waals surface area (Å²) in [6.07, 6.45) is 4.54. The van der Waals surface area contributed by atoms with E-state index in [2.05, 4.69) is 49.7 Å². The van der Waals surface area contributed by atoms with Crippen LogP contribution in [-0.4, -0.2) is 54.1 Å². The number of carbonyl (C=O) groups is 1. The zero-order valence-electron chi connectivity index (χ0n) is 14.7. The lowest BCUT2D eigenvalue weighted by Gasteiger charge is -2.28. The Balaban J connectivity index is 2.63. The highest BCUT2D eigenvalue weighted by molar-refractivity contribution is 5.84. The minimum atomic E-state index is 0.0467. The second-order valence-corrected chi connectivity index (χ2v) is 6.57. The molecule has 0 aromatic heterocycles. The smallest absolute Gasteiger partial charge is 0.241 e. The van der Waals surface area contributed by atoms with Crippen LogP contribution in [0.3, 0.4) is 0 Å². The average molecular weight is 297 g/mol. The number of hydrogen-bond donors (Lipinski definition) is 1. The van der Waals surface area contributed by atoms with Gasteiger partial charge in [-0.2, -0.15) is 0 Å². The number of unbranched alkanes of at least 4 members (excludes halogenated alkanes) is 1. The Bertz CT molecular complexity index is 302. The van der Waals surface area contributed by atoms with Gasteiger partial charge in [-0.15, -0.1) is 0 Å². The standard InChI is InChI=1S/C17H35N3O/c1-6-9-10-15-17(21)20(12-11-19(7-2)8-3)16(18-15)13-14(4)5/h14-16,18H,6-13H2,1-5H3. The van der Waals surface area contributed by atoms with Crippen LogP contribution in [-0.2, 0) is 4.79 Å². The molecule has 4 heteroatoms. The van der Waals surface area contributed by atoms with E-state index in [1.807, 2.05) is 0 Å². The fraction of sp³-hybridized carbons (Fsp3) is 0.941. The van der Waals surface area contributed by atoms with E-state index < -0.39 is 0 Å². The number of carbonyl (C=O) groups excluding carboxylic acids is 1. The molecule has 0 saturated carbocycles. The molecule has 0 aromatic carbocycles. The Morgan fingerprint density at radius 3 is 2.43 bits per heavy atom. The lowest BCUT2D eigenvalue weighted by Crippen LogP contribution is -2.43. The molecule has 1 heterocycles. The van der Waals surface area contributed by atoms with Crippen LogP contribution in [0.15, 0.2) is 0 Å². The van der Waals surface area contributed by atoms with Crippen molar-refractivity contribution in [1.82, 2.24) is 15.1 Å². The van der Waals surface area contributed by atoms with Crippen LogP contribution in [0.2, 0.25) is 0 Å². The summed E-state index contributed by atoms with van der Waals surface area (Å²) < 4.78 is 0. The molecule has 0 radical (unpaired) electrons. The predicted molar refractivity (Wildman–Crippen MR) is 89.2 cm³/mol. The van der Waals surface area contributed by atoms with Gasteiger partial charge in [0, 0.05) is 13.1 Å². The highest BCUT2D eigenvalue weighted by Crippen LogP contribution is 2.20. The van der Waals surface area contributed by atoms with Crippen LogP contribution in [0.4, 0.5) is 0 Å². The Hall–Kier alpha value is -0.610. The van der Waals surface area contributed by atoms with E-state index in [4.69, 9.17) is 0 Å². The van der Waals surface area contributed by atoms with Crippen LogP contribution in [0, 0.1) is 5.92 Å². The molecule has 0 aromatic rings. The minimum Gasteiger partial charge on any atom is -0.325 e. The van der Waals surface area contributed by atoms with E-state index in [1.165, 1.54) is 0 Å². The Kier molecular flexibility index (Phi) is 8.27. The Labute approximate surface area is 131 Å². The molecule has 1 aliphatic rings. The van der Waals surface area contributed by atoms with Crippen molar-refractivity contribution in [3.05, 3.63) is 0 Å². The second-order valence-electron chi connectivity index (χ2n) is 6.57. The van der Waals surface area contributed by atoms with Crippen LogP contribution in [0.1, 0.15) is 60.3 Å². The summed E-state index contributed by atoms with van der Waals surface area (Å²) in [6, 6.07) is 0.0467. The first kappa shape index (κ1) is 18.4. The molecule has 1 fully saturated rings. The van der Waals surface area contributed by atoms with Crippen LogP contribution < -0.4 is 5.32 Å². The van der Waals surface area contributed by atoms with Gasteiger partial charge in [0.1, 0.15) is 0 Å². The van der Waals surface area contributed by atoms with E-state index in [1.54, 1.807) is 0 Å². The molecule has 0 spiro atoms. The molecular weight excluding hydrogens is 262 g/mol. The fourth-order valence-electron chi connectivity index (χ4n) is 3.06. The van der Waals surface area contributed by atoms with Gasteiger partial charge in [-0.1, -0.05) is 47.5 Å². The van der Waals surface area contributed by atoms with Gasteiger partial charge in [-0.25, -0.2) is 0 Å². The SMILES string of the molecule is CCCCC1NC(CC(C)C)N(CCN(CC)CC)C1=O. The third-order valence-electron chi connectivity index (χ3n) is 4.44. The van der Waals surface area contributed by atoms with Crippen LogP contribution >= 0.6 is 0 Å². The molecule has 0 bridgehead atoms. The van der Waals surface area contributed by atoms with Crippen molar-refractivity contribution in [2.45, 2.75) is 72.5 Å². The summed E-state index contributed by atoms with van der Waals surface area (Å²) in [5, 5.41) is 3.57. The fourth-order valence-corrected chi connectivity index (χ4v) is 3.06. The number of hydrogen-bond acceptors (Lipinski definition) is 3. The van der Waals surface area contributed by atoms with Crippen molar-refractivity contribution in [1.29, 1.82) is 0 Å². The first-order valence-electron chi connectivity index (χ1n) is 8.82. The number of likely N-dealkylation sites (N-methyl/N-ethyl adjacent to an activating group) is 1. The maximum absolute atomic E-state index is 12.6. The highest BCUT2D eigenvalue weighted by Gasteiger charge is 2.38. The Morgan fingerprint density at radius 2 is 1.90 bits per heavy atom. The van der Waals surface area contributed by atoms with E-state index in [9.17, 15) is 4.79 Å². The highest BCUT2D eigenvalue weighted by atomic mass is 16.2. The third-order valence-corrected chi connectivity index (χ3v) is 4.44. The van der Waals surface area contributed by atoms with Crippen molar-refractivity contribution in [3.8, 4) is 0 Å². The first-order chi connectivity index (χ1) is 10.0. The van der Waals surface area contributed by atoms with Crippen molar-refractivity contribution >= 4 is 5.91 Å². The first-order valence-corrected chi connectivity index (χ1v) is 8.82. The van der Waals surface area contributed by atoms with Crippen molar-refractivity contribution < 1.29 is 4.79 Å². The Morgan fingerprint density at radius 1 is 1.24 bits per heavy atom. The summed E-state index contributed by atoms with van der Waals surface area (Å²) in [6.45, 7) is 15.0. The van der Waals surface area contributed by atoms with E-state index in [-0.39, 0.29) is 12.2 Å². The minimum absolute atomic E-state index is 0.0467. The van der Waals surface area contributed by atoms with Gasteiger partial charge in [0.15, 0.2) is 0 Å². The molecule has 2 unspecified atom stereocenters. The van der Waals surface area contributed by atoms with Gasteiger partial charge in [-0.05, 0) is 31.8 Å². The molecule has 1 aliphatic heterocycles. The van der Waals surface area contributed by atoms with E-state index in [0.29, 0.717) is 11.8 Å². The van der Waals surface area contributed by atoms with Gasteiger partial charge in [0.25, 0.3) is 0 Å². The van der Waals surface area contributed by atoms with Gasteiger partial charge in [0.05, 0.1) is 12.2 Å². The zero-order chi connectivity index (χ0) is 15.8. The summed E-state index contributed by atoms with van der Waals surface area (Å²) in [5.74, 6) is 0.928. The van der Waals surface area contributed by atoms with Gasteiger partial charge in [-0.3, -0.25) is 10.1 Å². The molecule has 1 rings (SSSR count). The maximum atomic E-state index is 12.6. The van der Waals surface area contributed by atoms with Gasteiger partial charge < -0.3 is 9.80 Å². The normalized spacial score (nSPS) is 22.8. The molecule has 1 N–H and O–H groups in total. The average Bonchev–Trinajstić information content (AvgIpc) is 2.73. The van der Waals surface area contributed by atoms with Gasteiger partial charge >= 0.3 is 0 Å². The summed E-state index contributed by atoms with van der Waals surface area (Å²) >= 11 is 0. The lowest BCUT2D eigenvalue weighted by molar-refractivity contribution is -0.130.